The third-order valence-corrected chi connectivity index (χ3v) is 2.52. The molecule has 4 nitrogen and oxygen atoms in total. The lowest BCUT2D eigenvalue weighted by Crippen LogP contribution is -2.38. The first-order valence-corrected chi connectivity index (χ1v) is 5.84. The zero-order valence-corrected chi connectivity index (χ0v) is 10.9. The van der Waals surface area contributed by atoms with Gasteiger partial charge in [0.2, 0.25) is 5.88 Å². The number of aromatic nitrogens is 1. The summed E-state index contributed by atoms with van der Waals surface area (Å²) < 4.78 is 10.9. The molecule has 1 aromatic heterocycles. The van der Waals surface area contributed by atoms with Crippen molar-refractivity contribution in [3.63, 3.8) is 0 Å². The van der Waals surface area contributed by atoms with E-state index in [2.05, 4.69) is 4.98 Å². The first kappa shape index (κ1) is 12.6. The van der Waals surface area contributed by atoms with Crippen LogP contribution < -0.4 is 15.2 Å². The molecule has 18 heavy (non-hydrogen) atoms. The lowest BCUT2D eigenvalue weighted by Gasteiger charge is -2.19. The molecule has 0 spiro atoms. The molecule has 0 radical (unpaired) electrons. The number of nitrogens with zero attached hydrogens (tertiary/aromatic N) is 1. The lowest BCUT2D eigenvalue weighted by atomic mass is 10.1. The molecule has 2 aromatic rings. The van der Waals surface area contributed by atoms with Gasteiger partial charge in [-0.1, -0.05) is 6.07 Å². The highest BCUT2D eigenvalue weighted by molar-refractivity contribution is 5.87. The van der Waals surface area contributed by atoms with Gasteiger partial charge in [0.15, 0.2) is 0 Å². The largest absolute Gasteiger partial charge is 0.497 e. The smallest absolute Gasteiger partial charge is 0.221 e. The molecule has 0 aliphatic rings. The minimum atomic E-state index is -0.386. The number of ether oxygens (including phenoxy) is 2. The number of hydrogen-bond donors (Lipinski definition) is 1. The van der Waals surface area contributed by atoms with Crippen molar-refractivity contribution in [2.45, 2.75) is 19.4 Å². The topological polar surface area (TPSA) is 57.4 Å². The van der Waals surface area contributed by atoms with Crippen LogP contribution >= 0.6 is 0 Å². The fraction of sp³-hybridized carbons (Fsp3) is 0.357. The average Bonchev–Trinajstić information content (AvgIpc) is 2.34. The van der Waals surface area contributed by atoms with Crippen molar-refractivity contribution in [1.82, 2.24) is 4.98 Å². The van der Waals surface area contributed by atoms with E-state index in [0.29, 0.717) is 12.5 Å². The van der Waals surface area contributed by atoms with Crippen molar-refractivity contribution < 1.29 is 9.47 Å². The van der Waals surface area contributed by atoms with Gasteiger partial charge >= 0.3 is 0 Å². The summed E-state index contributed by atoms with van der Waals surface area (Å²) in [5, 5.41) is 2.00. The first-order valence-electron chi connectivity index (χ1n) is 5.84. The summed E-state index contributed by atoms with van der Waals surface area (Å²) in [6, 6.07) is 7.76. The maximum Gasteiger partial charge on any atom is 0.221 e. The van der Waals surface area contributed by atoms with Crippen molar-refractivity contribution in [3.8, 4) is 11.6 Å². The summed E-state index contributed by atoms with van der Waals surface area (Å²) >= 11 is 0. The van der Waals surface area contributed by atoms with Crippen LogP contribution in [0.3, 0.4) is 0 Å². The molecule has 96 valence electrons. The Morgan fingerprint density at radius 2 is 2.06 bits per heavy atom. The summed E-state index contributed by atoms with van der Waals surface area (Å²) in [6.45, 7) is 4.24. The van der Waals surface area contributed by atoms with E-state index in [-0.39, 0.29) is 5.54 Å². The molecular weight excluding hydrogens is 228 g/mol. The van der Waals surface area contributed by atoms with Crippen LogP contribution in [-0.4, -0.2) is 24.2 Å². The minimum absolute atomic E-state index is 0.386. The molecule has 0 aliphatic heterocycles. The second-order valence-corrected chi connectivity index (χ2v) is 4.98. The van der Waals surface area contributed by atoms with Crippen molar-refractivity contribution >= 4 is 10.8 Å². The monoisotopic (exact) mass is 246 g/mol. The highest BCUT2D eigenvalue weighted by Crippen LogP contribution is 2.27. The van der Waals surface area contributed by atoms with Crippen LogP contribution in [0.2, 0.25) is 0 Å². The van der Waals surface area contributed by atoms with E-state index < -0.39 is 0 Å². The van der Waals surface area contributed by atoms with E-state index in [0.717, 1.165) is 16.5 Å². The van der Waals surface area contributed by atoms with Crippen LogP contribution in [0, 0.1) is 0 Å². The molecule has 4 heteroatoms. The molecule has 2 rings (SSSR count). The van der Waals surface area contributed by atoms with Gasteiger partial charge in [0, 0.05) is 17.1 Å². The van der Waals surface area contributed by atoms with Crippen molar-refractivity contribution in [2.75, 3.05) is 13.7 Å². The highest BCUT2D eigenvalue weighted by atomic mass is 16.5. The molecule has 2 N–H and O–H groups in total. The lowest BCUT2D eigenvalue weighted by molar-refractivity contribution is 0.238. The molecule has 0 atom stereocenters. The Kier molecular flexibility index (Phi) is 3.39. The highest BCUT2D eigenvalue weighted by Gasteiger charge is 2.13. The van der Waals surface area contributed by atoms with E-state index in [1.807, 2.05) is 38.1 Å². The van der Waals surface area contributed by atoms with Gasteiger partial charge in [0.1, 0.15) is 12.4 Å². The zero-order chi connectivity index (χ0) is 13.2. The van der Waals surface area contributed by atoms with E-state index in [1.165, 1.54) is 0 Å². The SMILES string of the molecule is COc1ccc2ccnc(OCC(C)(C)N)c2c1. The van der Waals surface area contributed by atoms with Crippen LogP contribution in [0.15, 0.2) is 30.5 Å². The van der Waals surface area contributed by atoms with Gasteiger partial charge in [-0.15, -0.1) is 0 Å². The Hall–Kier alpha value is -1.81. The van der Waals surface area contributed by atoms with E-state index in [4.69, 9.17) is 15.2 Å². The third-order valence-electron chi connectivity index (χ3n) is 2.52. The van der Waals surface area contributed by atoms with Gasteiger partial charge in [0.25, 0.3) is 0 Å². The predicted octanol–water partition coefficient (Wildman–Crippen LogP) is 2.36. The zero-order valence-electron chi connectivity index (χ0n) is 10.9. The number of rotatable bonds is 4. The fourth-order valence-electron chi connectivity index (χ4n) is 1.62. The Bertz CT molecular complexity index is 547. The summed E-state index contributed by atoms with van der Waals surface area (Å²) in [6.07, 6.45) is 1.73. The van der Waals surface area contributed by atoms with Crippen LogP contribution in [0.5, 0.6) is 11.6 Å². The van der Waals surface area contributed by atoms with Gasteiger partial charge in [-0.2, -0.15) is 0 Å². The Balaban J connectivity index is 2.37. The maximum atomic E-state index is 5.91. The molecule has 0 amide bonds. The Labute approximate surface area is 107 Å². The van der Waals surface area contributed by atoms with Crippen LogP contribution in [0.4, 0.5) is 0 Å². The second kappa shape index (κ2) is 4.82. The number of methoxy groups -OCH3 is 1. The van der Waals surface area contributed by atoms with Gasteiger partial charge in [0.05, 0.1) is 7.11 Å². The van der Waals surface area contributed by atoms with Gasteiger partial charge in [-0.3, -0.25) is 0 Å². The summed E-state index contributed by atoms with van der Waals surface area (Å²) in [5.41, 5.74) is 5.52. The summed E-state index contributed by atoms with van der Waals surface area (Å²) in [7, 11) is 1.64. The molecule has 0 bridgehead atoms. The third kappa shape index (κ3) is 2.90. The molecule has 0 aliphatic carbocycles. The Morgan fingerprint density at radius 3 is 2.72 bits per heavy atom. The molecule has 1 aromatic carbocycles. The molecule has 0 saturated carbocycles. The summed E-state index contributed by atoms with van der Waals surface area (Å²) in [4.78, 5) is 4.25. The number of nitrogens with two attached hydrogens (primary N) is 1. The minimum Gasteiger partial charge on any atom is -0.497 e. The standard InChI is InChI=1S/C14H18N2O2/c1-14(2,15)9-18-13-12-8-11(17-3)5-4-10(12)6-7-16-13/h4-8H,9,15H2,1-3H3. The van der Waals surface area contributed by atoms with E-state index in [1.54, 1.807) is 13.3 Å². The van der Waals surface area contributed by atoms with Crippen molar-refractivity contribution in [2.24, 2.45) is 5.73 Å². The Morgan fingerprint density at radius 1 is 1.28 bits per heavy atom. The van der Waals surface area contributed by atoms with E-state index in [9.17, 15) is 0 Å². The number of fused-ring (bicyclic) bond motifs is 1. The van der Waals surface area contributed by atoms with E-state index >= 15 is 0 Å². The summed E-state index contributed by atoms with van der Waals surface area (Å²) in [5.74, 6) is 1.37. The molecule has 1 heterocycles. The van der Waals surface area contributed by atoms with Gasteiger partial charge in [-0.25, -0.2) is 4.98 Å². The number of benzene rings is 1. The van der Waals surface area contributed by atoms with Gasteiger partial charge in [-0.05, 0) is 37.4 Å². The van der Waals surface area contributed by atoms with Crippen molar-refractivity contribution in [3.05, 3.63) is 30.5 Å². The molecular formula is C14H18N2O2. The predicted molar refractivity (Wildman–Crippen MR) is 72.1 cm³/mol. The normalized spacial score (nSPS) is 11.6. The number of hydrogen-bond acceptors (Lipinski definition) is 4. The van der Waals surface area contributed by atoms with Gasteiger partial charge < -0.3 is 15.2 Å². The number of pyridine rings is 1. The molecule has 0 saturated heterocycles. The second-order valence-electron chi connectivity index (χ2n) is 4.98. The van der Waals surface area contributed by atoms with Crippen LogP contribution in [0.25, 0.3) is 10.8 Å². The first-order chi connectivity index (χ1) is 8.49. The van der Waals surface area contributed by atoms with Crippen molar-refractivity contribution in [1.29, 1.82) is 0 Å². The van der Waals surface area contributed by atoms with Crippen LogP contribution in [0.1, 0.15) is 13.8 Å². The average molecular weight is 246 g/mol. The molecule has 0 fully saturated rings. The van der Waals surface area contributed by atoms with Crippen LogP contribution in [-0.2, 0) is 0 Å². The fourth-order valence-corrected chi connectivity index (χ4v) is 1.62. The maximum absolute atomic E-state index is 5.91. The molecule has 0 unspecified atom stereocenters. The quantitative estimate of drug-likeness (QED) is 0.899.